The molecule has 3 aromatic carbocycles. The van der Waals surface area contributed by atoms with Gasteiger partial charge in [0.15, 0.2) is 0 Å². The molecule has 0 aliphatic carbocycles. The van der Waals surface area contributed by atoms with Crippen LogP contribution < -0.4 is 14.5 Å². The van der Waals surface area contributed by atoms with Crippen LogP contribution in [0.4, 0.5) is 18.9 Å². The van der Waals surface area contributed by atoms with E-state index < -0.39 is 33.7 Å². The maximum absolute atomic E-state index is 12.8. The van der Waals surface area contributed by atoms with Crippen molar-refractivity contribution in [3.63, 3.8) is 0 Å². The number of benzene rings is 3. The van der Waals surface area contributed by atoms with Crippen LogP contribution in [0.2, 0.25) is 0 Å². The van der Waals surface area contributed by atoms with Crippen molar-refractivity contribution in [3.8, 4) is 11.5 Å². The van der Waals surface area contributed by atoms with Gasteiger partial charge in [0.25, 0.3) is 5.91 Å². The molecule has 39 heavy (non-hydrogen) atoms. The van der Waals surface area contributed by atoms with Crippen LogP contribution in [0.15, 0.2) is 78.9 Å². The maximum atomic E-state index is 12.8. The van der Waals surface area contributed by atoms with Crippen molar-refractivity contribution in [2.75, 3.05) is 17.1 Å². The van der Waals surface area contributed by atoms with Gasteiger partial charge in [0, 0.05) is 12.6 Å². The average Bonchev–Trinajstić information content (AvgIpc) is 2.88. The van der Waals surface area contributed by atoms with Crippen molar-refractivity contribution in [2.45, 2.75) is 38.7 Å². The minimum Gasteiger partial charge on any atom is -0.457 e. The summed E-state index contributed by atoms with van der Waals surface area (Å²) < 4.78 is 70.6. The molecule has 0 aromatic heterocycles. The molecule has 0 aliphatic rings. The molecule has 210 valence electrons. The first kappa shape index (κ1) is 29.9. The second-order valence-electron chi connectivity index (χ2n) is 9.16. The van der Waals surface area contributed by atoms with Crippen molar-refractivity contribution in [3.05, 3.63) is 90.0 Å². The summed E-state index contributed by atoms with van der Waals surface area (Å²) in [6.45, 7) is 3.75. The van der Waals surface area contributed by atoms with E-state index in [1.807, 2.05) is 44.2 Å². The van der Waals surface area contributed by atoms with Crippen LogP contribution in [0, 0.1) is 0 Å². The molecule has 8 nitrogen and oxygen atoms in total. The minimum absolute atomic E-state index is 0.170. The smallest absolute Gasteiger partial charge is 0.416 e. The van der Waals surface area contributed by atoms with Gasteiger partial charge in [0.05, 0.1) is 24.1 Å². The van der Waals surface area contributed by atoms with E-state index in [0.29, 0.717) is 6.54 Å². The van der Waals surface area contributed by atoms with Gasteiger partial charge in [-0.05, 0) is 67.9 Å². The van der Waals surface area contributed by atoms with Gasteiger partial charge < -0.3 is 4.74 Å². The number of hydrogen-bond acceptors (Lipinski definition) is 6. The quantitative estimate of drug-likeness (QED) is 0.250. The van der Waals surface area contributed by atoms with Crippen LogP contribution in [0.5, 0.6) is 11.5 Å². The van der Waals surface area contributed by atoms with E-state index in [0.717, 1.165) is 28.3 Å². The highest BCUT2D eigenvalue weighted by atomic mass is 32.2. The second kappa shape index (κ2) is 12.5. The average molecular weight is 566 g/mol. The number of ether oxygens (including phenoxy) is 1. The van der Waals surface area contributed by atoms with Crippen LogP contribution >= 0.6 is 0 Å². The predicted octanol–water partition coefficient (Wildman–Crippen LogP) is 5.05. The molecule has 1 amide bonds. The molecule has 0 saturated heterocycles. The second-order valence-corrected chi connectivity index (χ2v) is 11.1. The number of nitrogens with one attached hydrogen (secondary N) is 1. The molecule has 1 atom stereocenters. The zero-order valence-corrected chi connectivity index (χ0v) is 22.4. The SMILES string of the molecule is CC(C)N(Cc1ccccc1)C(CN(c1ccc(Oc2ccc(C(F)(F)F)cc2)cc1)S(C)(=O)=O)C(=O)NO. The lowest BCUT2D eigenvalue weighted by Gasteiger charge is -2.36. The van der Waals surface area contributed by atoms with Crippen LogP contribution in [-0.4, -0.2) is 49.3 Å². The molecule has 0 spiro atoms. The lowest BCUT2D eigenvalue weighted by molar-refractivity contribution is -0.137. The zero-order chi connectivity index (χ0) is 28.8. The Hall–Kier alpha value is -3.61. The normalized spacial score (nSPS) is 12.8. The maximum Gasteiger partial charge on any atom is 0.416 e. The molecule has 0 fully saturated rings. The van der Waals surface area contributed by atoms with E-state index in [-0.39, 0.29) is 29.8 Å². The molecule has 3 aromatic rings. The van der Waals surface area contributed by atoms with Crippen molar-refractivity contribution < 1.29 is 36.3 Å². The molecule has 2 N–H and O–H groups in total. The fourth-order valence-corrected chi connectivity index (χ4v) is 4.89. The Morgan fingerprint density at radius 3 is 1.95 bits per heavy atom. The highest BCUT2D eigenvalue weighted by Gasteiger charge is 2.33. The summed E-state index contributed by atoms with van der Waals surface area (Å²) in [5.74, 6) is -0.330. The topological polar surface area (TPSA) is 99.2 Å². The largest absolute Gasteiger partial charge is 0.457 e. The van der Waals surface area contributed by atoms with Gasteiger partial charge in [-0.2, -0.15) is 13.2 Å². The van der Waals surface area contributed by atoms with E-state index in [1.165, 1.54) is 36.4 Å². The van der Waals surface area contributed by atoms with Gasteiger partial charge in [0.2, 0.25) is 10.0 Å². The summed E-state index contributed by atoms with van der Waals surface area (Å²) in [5, 5.41) is 9.45. The Morgan fingerprint density at radius 2 is 1.49 bits per heavy atom. The fourth-order valence-electron chi connectivity index (χ4n) is 3.98. The number of rotatable bonds is 11. The van der Waals surface area contributed by atoms with Crippen LogP contribution in [0.3, 0.4) is 0 Å². The summed E-state index contributed by atoms with van der Waals surface area (Å²) in [7, 11) is -3.88. The number of hydrogen-bond donors (Lipinski definition) is 2. The monoisotopic (exact) mass is 565 g/mol. The Balaban J connectivity index is 1.86. The third-order valence-corrected chi connectivity index (χ3v) is 7.13. The first-order valence-corrected chi connectivity index (χ1v) is 13.8. The van der Waals surface area contributed by atoms with Crippen molar-refractivity contribution >= 4 is 21.6 Å². The van der Waals surface area contributed by atoms with Crippen molar-refractivity contribution in [1.29, 1.82) is 0 Å². The summed E-state index contributed by atoms with van der Waals surface area (Å²) in [6, 6.07) is 18.1. The van der Waals surface area contributed by atoms with Gasteiger partial charge in [-0.3, -0.25) is 19.2 Å². The van der Waals surface area contributed by atoms with Gasteiger partial charge in [-0.15, -0.1) is 0 Å². The number of anilines is 1. The number of alkyl halides is 3. The van der Waals surface area contributed by atoms with E-state index in [4.69, 9.17) is 4.74 Å². The van der Waals surface area contributed by atoms with Gasteiger partial charge in [0.1, 0.15) is 17.5 Å². The molecule has 0 saturated carbocycles. The lowest BCUT2D eigenvalue weighted by atomic mass is 10.1. The summed E-state index contributed by atoms with van der Waals surface area (Å²) >= 11 is 0. The van der Waals surface area contributed by atoms with E-state index >= 15 is 0 Å². The third-order valence-electron chi connectivity index (χ3n) is 5.97. The number of halogens is 3. The zero-order valence-electron chi connectivity index (χ0n) is 21.6. The standard InChI is InChI=1S/C27H30F3N3O5S/c1-19(2)32(17-20-7-5-4-6-8-20)25(26(34)31-35)18-33(39(3,36)37)22-11-15-24(16-12-22)38-23-13-9-21(10-14-23)27(28,29)30/h4-16,19,25,35H,17-18H2,1-3H3,(H,31,34). The van der Waals surface area contributed by atoms with Crippen LogP contribution in [0.1, 0.15) is 25.0 Å². The highest BCUT2D eigenvalue weighted by Crippen LogP contribution is 2.32. The Labute approximate surface area is 225 Å². The summed E-state index contributed by atoms with van der Waals surface area (Å²) in [4.78, 5) is 14.5. The molecular formula is C27H30F3N3O5S. The number of amides is 1. The molecule has 12 heteroatoms. The number of nitrogens with zero attached hydrogens (tertiary/aromatic N) is 2. The fraction of sp³-hybridized carbons (Fsp3) is 0.296. The van der Waals surface area contributed by atoms with Gasteiger partial charge in [-0.25, -0.2) is 13.9 Å². The minimum atomic E-state index is -4.47. The van der Waals surface area contributed by atoms with Crippen molar-refractivity contribution in [1.82, 2.24) is 10.4 Å². The molecule has 0 radical (unpaired) electrons. The third kappa shape index (κ3) is 8.19. The first-order valence-electron chi connectivity index (χ1n) is 12.0. The van der Waals surface area contributed by atoms with Crippen LogP contribution in [0.25, 0.3) is 0 Å². The van der Waals surface area contributed by atoms with E-state index in [9.17, 15) is 31.6 Å². The first-order chi connectivity index (χ1) is 18.3. The van der Waals surface area contributed by atoms with E-state index in [2.05, 4.69) is 0 Å². The highest BCUT2D eigenvalue weighted by molar-refractivity contribution is 7.92. The molecule has 0 heterocycles. The van der Waals surface area contributed by atoms with E-state index in [1.54, 1.807) is 10.4 Å². The van der Waals surface area contributed by atoms with Crippen LogP contribution in [-0.2, 0) is 27.5 Å². The molecule has 3 rings (SSSR count). The summed E-state index contributed by atoms with van der Waals surface area (Å²) in [5.41, 5.74) is 1.98. The number of sulfonamides is 1. The molecular weight excluding hydrogens is 535 g/mol. The van der Waals surface area contributed by atoms with Gasteiger partial charge in [-0.1, -0.05) is 30.3 Å². The van der Waals surface area contributed by atoms with Gasteiger partial charge >= 0.3 is 6.18 Å². The number of carbonyl (C=O) groups excluding carboxylic acids is 1. The predicted molar refractivity (Wildman–Crippen MR) is 141 cm³/mol. The molecule has 0 bridgehead atoms. The lowest BCUT2D eigenvalue weighted by Crippen LogP contribution is -2.55. The Bertz CT molecular complexity index is 1330. The molecule has 0 aliphatic heterocycles. The molecule has 1 unspecified atom stereocenters. The Kier molecular flexibility index (Phi) is 9.59. The number of carbonyl (C=O) groups is 1. The Morgan fingerprint density at radius 1 is 0.949 bits per heavy atom. The van der Waals surface area contributed by atoms with Crippen molar-refractivity contribution in [2.24, 2.45) is 0 Å². The summed E-state index contributed by atoms with van der Waals surface area (Å²) in [6.07, 6.45) is -3.46. The number of hydroxylamine groups is 1.